The van der Waals surface area contributed by atoms with E-state index in [4.69, 9.17) is 4.42 Å². The normalized spacial score (nSPS) is 17.1. The molecule has 0 aliphatic carbocycles. The van der Waals surface area contributed by atoms with Crippen molar-refractivity contribution in [2.75, 3.05) is 0 Å². The zero-order valence-electron chi connectivity index (χ0n) is 5.51. The molecular formula is C6H7BINO. The van der Waals surface area contributed by atoms with Crippen molar-refractivity contribution >= 4 is 26.9 Å². The van der Waals surface area contributed by atoms with E-state index in [-0.39, 0.29) is 0 Å². The van der Waals surface area contributed by atoms with Gasteiger partial charge in [0.25, 0.3) is 0 Å². The Morgan fingerprint density at radius 2 is 2.60 bits per heavy atom. The number of oxazole rings is 1. The molecule has 0 spiro atoms. The van der Waals surface area contributed by atoms with Gasteiger partial charge in [-0.2, -0.15) is 0 Å². The fourth-order valence-corrected chi connectivity index (χ4v) is 1.99. The molecular weight excluding hydrogens is 240 g/mol. The van der Waals surface area contributed by atoms with E-state index in [1.807, 2.05) is 0 Å². The van der Waals surface area contributed by atoms with Crippen LogP contribution in [0.3, 0.4) is 0 Å². The summed E-state index contributed by atoms with van der Waals surface area (Å²) in [4.78, 5) is 4.14. The van der Waals surface area contributed by atoms with Crippen molar-refractivity contribution in [1.29, 1.82) is 0 Å². The minimum absolute atomic E-state index is 0.759. The van der Waals surface area contributed by atoms with Gasteiger partial charge in [-0.05, 0) is 6.32 Å². The zero-order chi connectivity index (χ0) is 6.97. The number of fused-ring (bicyclic) bond motifs is 1. The van der Waals surface area contributed by atoms with Crippen molar-refractivity contribution in [3.63, 3.8) is 0 Å². The summed E-state index contributed by atoms with van der Waals surface area (Å²) in [6.07, 6.45) is 4.96. The van der Waals surface area contributed by atoms with E-state index in [1.165, 1.54) is 12.0 Å². The highest BCUT2D eigenvalue weighted by molar-refractivity contribution is 14.1. The van der Waals surface area contributed by atoms with Gasteiger partial charge in [0.15, 0.2) is 6.39 Å². The van der Waals surface area contributed by atoms with Crippen molar-refractivity contribution in [1.82, 2.24) is 4.98 Å². The minimum Gasteiger partial charge on any atom is -0.448 e. The molecule has 1 aliphatic rings. The quantitative estimate of drug-likeness (QED) is 0.515. The van der Waals surface area contributed by atoms with Crippen LogP contribution in [0.5, 0.6) is 0 Å². The van der Waals surface area contributed by atoms with E-state index in [0.717, 1.165) is 23.1 Å². The van der Waals surface area contributed by atoms with Gasteiger partial charge >= 0.3 is 0 Å². The van der Waals surface area contributed by atoms with Crippen LogP contribution in [0, 0.1) is 0 Å². The highest BCUT2D eigenvalue weighted by Gasteiger charge is 2.22. The van der Waals surface area contributed by atoms with Crippen LogP contribution in [0.2, 0.25) is 6.32 Å². The number of hydrogen-bond donors (Lipinski definition) is 0. The molecule has 0 atom stereocenters. The van der Waals surface area contributed by atoms with Gasteiger partial charge in [0.2, 0.25) is 4.57 Å². The third-order valence-electron chi connectivity index (χ3n) is 1.82. The predicted octanol–water partition coefficient (Wildman–Crippen LogP) is 1.74. The lowest BCUT2D eigenvalue weighted by molar-refractivity contribution is 0.505. The molecule has 0 saturated heterocycles. The second-order valence-corrected chi connectivity index (χ2v) is 4.32. The average Bonchev–Trinajstić information content (AvgIpc) is 2.33. The lowest BCUT2D eigenvalue weighted by Gasteiger charge is -2.10. The largest absolute Gasteiger partial charge is 0.448 e. The Bertz CT molecular complexity index is 237. The van der Waals surface area contributed by atoms with E-state index >= 15 is 0 Å². The predicted molar refractivity (Wildman–Crippen MR) is 48.5 cm³/mol. The summed E-state index contributed by atoms with van der Waals surface area (Å²) in [5, 5.41) is 0. The first-order valence-electron chi connectivity index (χ1n) is 3.41. The second kappa shape index (κ2) is 2.56. The second-order valence-electron chi connectivity index (χ2n) is 2.56. The van der Waals surface area contributed by atoms with Gasteiger partial charge in [-0.15, -0.1) is 22.4 Å². The maximum Gasteiger partial charge on any atom is 0.224 e. The molecule has 0 aromatic carbocycles. The fourth-order valence-electron chi connectivity index (χ4n) is 1.26. The van der Waals surface area contributed by atoms with Gasteiger partial charge in [-0.25, -0.2) is 4.98 Å². The van der Waals surface area contributed by atoms with E-state index in [1.54, 1.807) is 6.39 Å². The number of rotatable bonds is 0. The fraction of sp³-hybridized carbons (Fsp3) is 0.500. The van der Waals surface area contributed by atoms with Crippen molar-refractivity contribution in [2.24, 2.45) is 0 Å². The molecule has 2 nitrogen and oxygen atoms in total. The van der Waals surface area contributed by atoms with Crippen LogP contribution in [0.15, 0.2) is 10.8 Å². The van der Waals surface area contributed by atoms with Crippen LogP contribution in [-0.2, 0) is 12.7 Å². The van der Waals surface area contributed by atoms with Crippen LogP contribution < -0.4 is 0 Å². The summed E-state index contributed by atoms with van der Waals surface area (Å²) in [5.41, 5.74) is 1.17. The monoisotopic (exact) mass is 247 g/mol. The van der Waals surface area contributed by atoms with Crippen molar-refractivity contribution in [3.8, 4) is 0 Å². The summed E-state index contributed by atoms with van der Waals surface area (Å²) >= 11 is 2.47. The topological polar surface area (TPSA) is 26.0 Å². The Hall–Kier alpha value is 0.00494. The average molecular weight is 247 g/mol. The molecule has 10 heavy (non-hydrogen) atoms. The lowest BCUT2D eigenvalue weighted by Crippen LogP contribution is -2.15. The maximum absolute atomic E-state index is 5.19. The van der Waals surface area contributed by atoms with Crippen molar-refractivity contribution < 1.29 is 4.42 Å². The molecule has 1 aromatic heterocycles. The van der Waals surface area contributed by atoms with Gasteiger partial charge in [-0.1, -0.05) is 6.32 Å². The van der Waals surface area contributed by atoms with Gasteiger partial charge < -0.3 is 4.42 Å². The van der Waals surface area contributed by atoms with Crippen LogP contribution in [-0.4, -0.2) is 9.55 Å². The molecule has 1 aliphatic heterocycles. The Balaban J connectivity index is 2.30. The maximum atomic E-state index is 5.19. The van der Waals surface area contributed by atoms with Crippen molar-refractivity contribution in [3.05, 3.63) is 17.8 Å². The Labute approximate surface area is 73.4 Å². The van der Waals surface area contributed by atoms with Gasteiger partial charge in [-0.3, -0.25) is 0 Å². The first-order chi connectivity index (χ1) is 4.86. The number of aryl methyl sites for hydroxylation is 1. The number of aromatic nitrogens is 1. The summed E-state index contributed by atoms with van der Waals surface area (Å²) < 4.78 is 5.95. The lowest BCUT2D eigenvalue weighted by atomic mass is 9.65. The highest BCUT2D eigenvalue weighted by atomic mass is 127. The summed E-state index contributed by atoms with van der Waals surface area (Å²) in [6.45, 7) is 0. The minimum atomic E-state index is 0.759. The number of nitrogens with zero attached hydrogens (tertiary/aromatic N) is 1. The molecule has 0 amide bonds. The first-order valence-corrected chi connectivity index (χ1v) is 4.66. The van der Waals surface area contributed by atoms with Crippen LogP contribution in [0.1, 0.15) is 11.5 Å². The molecule has 1 aromatic rings. The Kier molecular flexibility index (Phi) is 1.72. The standard InChI is InChI=1S/C6H7BINO/c8-7-2-1-6-5(3-7)9-4-10-6/h4H,1-3H2. The molecule has 0 fully saturated rings. The molecule has 0 saturated carbocycles. The van der Waals surface area contributed by atoms with Gasteiger partial charge in [0.05, 0.1) is 5.69 Å². The molecule has 4 heteroatoms. The SMILES string of the molecule is IB1CCc2ocnc2C1. The van der Waals surface area contributed by atoms with Gasteiger partial charge in [0, 0.05) is 6.42 Å². The molecule has 0 unspecified atom stereocenters. The molecule has 0 radical (unpaired) electrons. The van der Waals surface area contributed by atoms with Gasteiger partial charge in [0.1, 0.15) is 5.76 Å². The molecule has 2 heterocycles. The Morgan fingerprint density at radius 1 is 1.70 bits per heavy atom. The third-order valence-corrected chi connectivity index (χ3v) is 2.89. The molecule has 0 N–H and O–H groups in total. The zero-order valence-corrected chi connectivity index (χ0v) is 7.67. The van der Waals surface area contributed by atoms with E-state index in [0.29, 0.717) is 0 Å². The Morgan fingerprint density at radius 3 is 3.50 bits per heavy atom. The van der Waals surface area contributed by atoms with Crippen LogP contribution in [0.4, 0.5) is 0 Å². The van der Waals surface area contributed by atoms with Crippen molar-refractivity contribution in [2.45, 2.75) is 19.1 Å². The molecule has 0 bridgehead atoms. The van der Waals surface area contributed by atoms with E-state index in [9.17, 15) is 0 Å². The first kappa shape index (κ1) is 6.70. The van der Waals surface area contributed by atoms with Crippen LogP contribution in [0.25, 0.3) is 0 Å². The highest BCUT2D eigenvalue weighted by Crippen LogP contribution is 2.22. The molecule has 2 rings (SSSR count). The summed E-state index contributed by atoms with van der Waals surface area (Å²) in [6, 6.07) is 0. The smallest absolute Gasteiger partial charge is 0.224 e. The molecule has 52 valence electrons. The number of halogens is 1. The van der Waals surface area contributed by atoms with E-state index in [2.05, 4.69) is 27.4 Å². The number of hydrogen-bond acceptors (Lipinski definition) is 2. The van der Waals surface area contributed by atoms with E-state index < -0.39 is 0 Å². The third kappa shape index (κ3) is 1.09. The summed E-state index contributed by atoms with van der Waals surface area (Å²) in [5.74, 6) is 1.10. The van der Waals surface area contributed by atoms with Crippen LogP contribution >= 0.6 is 22.4 Å². The summed E-state index contributed by atoms with van der Waals surface area (Å²) in [7, 11) is 0.